The van der Waals surface area contributed by atoms with Crippen LogP contribution >= 0.6 is 0 Å². The summed E-state index contributed by atoms with van der Waals surface area (Å²) in [5.41, 5.74) is 3.15. The zero-order valence-corrected chi connectivity index (χ0v) is 11.7. The molecule has 3 rings (SSSR count). The van der Waals surface area contributed by atoms with Gasteiger partial charge in [-0.3, -0.25) is 9.67 Å². The van der Waals surface area contributed by atoms with Crippen molar-refractivity contribution in [2.45, 2.75) is 13.3 Å². The van der Waals surface area contributed by atoms with Gasteiger partial charge in [-0.1, -0.05) is 18.2 Å². The standard InChI is InChI=1S/C15H17N5/c1-11-9-14(12-5-3-4-6-13(12)18-11)16-8-7-15-17-10-20(2)19-15/h3-6,9-10H,7-8H2,1-2H3,(H,16,18). The maximum atomic E-state index is 4.54. The van der Waals surface area contributed by atoms with Gasteiger partial charge in [-0.2, -0.15) is 5.10 Å². The summed E-state index contributed by atoms with van der Waals surface area (Å²) in [6.45, 7) is 2.81. The van der Waals surface area contributed by atoms with Crippen molar-refractivity contribution in [2.24, 2.45) is 7.05 Å². The van der Waals surface area contributed by atoms with Crippen LogP contribution in [-0.2, 0) is 13.5 Å². The van der Waals surface area contributed by atoms with Gasteiger partial charge in [0, 0.05) is 36.8 Å². The number of pyridine rings is 1. The number of rotatable bonds is 4. The van der Waals surface area contributed by atoms with Crippen LogP contribution in [0.5, 0.6) is 0 Å². The first-order valence-electron chi connectivity index (χ1n) is 6.67. The Morgan fingerprint density at radius 3 is 2.90 bits per heavy atom. The Kier molecular flexibility index (Phi) is 3.33. The lowest BCUT2D eigenvalue weighted by atomic mass is 10.1. The van der Waals surface area contributed by atoms with Crippen LogP contribution in [-0.4, -0.2) is 26.3 Å². The van der Waals surface area contributed by atoms with E-state index >= 15 is 0 Å². The molecule has 0 bridgehead atoms. The smallest absolute Gasteiger partial charge is 0.152 e. The van der Waals surface area contributed by atoms with E-state index in [1.165, 1.54) is 0 Å². The largest absolute Gasteiger partial charge is 0.384 e. The molecule has 0 fully saturated rings. The second kappa shape index (κ2) is 5.28. The Morgan fingerprint density at radius 1 is 1.25 bits per heavy atom. The lowest BCUT2D eigenvalue weighted by Gasteiger charge is -2.09. The Hall–Kier alpha value is -2.43. The molecule has 0 unspecified atom stereocenters. The summed E-state index contributed by atoms with van der Waals surface area (Å²) in [4.78, 5) is 8.76. The molecule has 2 aromatic heterocycles. The highest BCUT2D eigenvalue weighted by Crippen LogP contribution is 2.22. The monoisotopic (exact) mass is 267 g/mol. The van der Waals surface area contributed by atoms with Gasteiger partial charge >= 0.3 is 0 Å². The number of aryl methyl sites for hydroxylation is 2. The van der Waals surface area contributed by atoms with Crippen LogP contribution in [0, 0.1) is 6.92 Å². The summed E-state index contributed by atoms with van der Waals surface area (Å²) in [5, 5.41) is 8.88. The van der Waals surface area contributed by atoms with Crippen molar-refractivity contribution >= 4 is 16.6 Å². The average Bonchev–Trinajstić information content (AvgIpc) is 2.84. The van der Waals surface area contributed by atoms with Gasteiger partial charge in [0.1, 0.15) is 6.33 Å². The van der Waals surface area contributed by atoms with E-state index in [-0.39, 0.29) is 0 Å². The van der Waals surface area contributed by atoms with E-state index in [0.717, 1.165) is 41.1 Å². The van der Waals surface area contributed by atoms with Crippen LogP contribution in [0.1, 0.15) is 11.5 Å². The number of anilines is 1. The number of hydrogen-bond acceptors (Lipinski definition) is 4. The maximum Gasteiger partial charge on any atom is 0.152 e. The maximum absolute atomic E-state index is 4.54. The van der Waals surface area contributed by atoms with Crippen molar-refractivity contribution in [2.75, 3.05) is 11.9 Å². The molecule has 0 spiro atoms. The zero-order chi connectivity index (χ0) is 13.9. The van der Waals surface area contributed by atoms with Gasteiger partial charge in [0.2, 0.25) is 0 Å². The predicted octanol–water partition coefficient (Wildman–Crippen LogP) is 2.33. The molecule has 0 aliphatic heterocycles. The van der Waals surface area contributed by atoms with E-state index in [1.54, 1.807) is 11.0 Å². The van der Waals surface area contributed by atoms with Gasteiger partial charge in [0.25, 0.3) is 0 Å². The fraction of sp³-hybridized carbons (Fsp3) is 0.267. The second-order valence-electron chi connectivity index (χ2n) is 4.84. The van der Waals surface area contributed by atoms with Crippen molar-refractivity contribution in [1.82, 2.24) is 19.7 Å². The zero-order valence-electron chi connectivity index (χ0n) is 11.7. The highest BCUT2D eigenvalue weighted by atomic mass is 15.3. The summed E-state index contributed by atoms with van der Waals surface area (Å²) < 4.78 is 1.72. The van der Waals surface area contributed by atoms with E-state index < -0.39 is 0 Å². The minimum Gasteiger partial charge on any atom is -0.384 e. The van der Waals surface area contributed by atoms with Crippen molar-refractivity contribution in [3.63, 3.8) is 0 Å². The van der Waals surface area contributed by atoms with Crippen molar-refractivity contribution in [1.29, 1.82) is 0 Å². The first-order chi connectivity index (χ1) is 9.72. The molecule has 20 heavy (non-hydrogen) atoms. The lowest BCUT2D eigenvalue weighted by Crippen LogP contribution is -2.07. The van der Waals surface area contributed by atoms with E-state index in [0.29, 0.717) is 0 Å². The normalized spacial score (nSPS) is 10.9. The molecular formula is C15H17N5. The Bertz CT molecular complexity index is 732. The predicted molar refractivity (Wildman–Crippen MR) is 79.7 cm³/mol. The van der Waals surface area contributed by atoms with Gasteiger partial charge in [0.15, 0.2) is 5.82 Å². The number of fused-ring (bicyclic) bond motifs is 1. The quantitative estimate of drug-likeness (QED) is 0.788. The highest BCUT2D eigenvalue weighted by Gasteiger charge is 2.04. The molecule has 0 saturated carbocycles. The molecule has 0 saturated heterocycles. The molecule has 2 heterocycles. The van der Waals surface area contributed by atoms with E-state index in [2.05, 4.69) is 32.5 Å². The summed E-state index contributed by atoms with van der Waals surface area (Å²) in [6.07, 6.45) is 2.53. The van der Waals surface area contributed by atoms with Crippen molar-refractivity contribution in [3.05, 3.63) is 48.2 Å². The number of nitrogens with one attached hydrogen (secondary N) is 1. The van der Waals surface area contributed by atoms with Crippen LogP contribution in [0.2, 0.25) is 0 Å². The Labute approximate surface area is 117 Å². The van der Waals surface area contributed by atoms with E-state index in [9.17, 15) is 0 Å². The second-order valence-corrected chi connectivity index (χ2v) is 4.84. The molecule has 0 aliphatic carbocycles. The van der Waals surface area contributed by atoms with E-state index in [1.807, 2.05) is 32.2 Å². The average molecular weight is 267 g/mol. The number of benzene rings is 1. The minimum atomic E-state index is 0.802. The van der Waals surface area contributed by atoms with Gasteiger partial charge in [0.05, 0.1) is 5.52 Å². The SMILES string of the molecule is Cc1cc(NCCc2ncn(C)n2)c2ccccc2n1. The molecule has 3 aromatic rings. The van der Waals surface area contributed by atoms with Crippen LogP contribution in [0.4, 0.5) is 5.69 Å². The molecule has 0 amide bonds. The third-order valence-corrected chi connectivity index (χ3v) is 3.16. The Morgan fingerprint density at radius 2 is 2.10 bits per heavy atom. The van der Waals surface area contributed by atoms with Crippen molar-refractivity contribution < 1.29 is 0 Å². The summed E-state index contributed by atoms with van der Waals surface area (Å²) in [5.74, 6) is 0.857. The number of aromatic nitrogens is 4. The third-order valence-electron chi connectivity index (χ3n) is 3.16. The van der Waals surface area contributed by atoms with Crippen LogP contribution < -0.4 is 5.32 Å². The van der Waals surface area contributed by atoms with Crippen LogP contribution in [0.25, 0.3) is 10.9 Å². The highest BCUT2D eigenvalue weighted by molar-refractivity contribution is 5.91. The first-order valence-corrected chi connectivity index (χ1v) is 6.67. The summed E-state index contributed by atoms with van der Waals surface area (Å²) in [7, 11) is 1.88. The summed E-state index contributed by atoms with van der Waals surface area (Å²) >= 11 is 0. The number of nitrogens with zero attached hydrogens (tertiary/aromatic N) is 4. The molecule has 5 nitrogen and oxygen atoms in total. The van der Waals surface area contributed by atoms with Crippen LogP contribution in [0.15, 0.2) is 36.7 Å². The van der Waals surface area contributed by atoms with Crippen LogP contribution in [0.3, 0.4) is 0 Å². The van der Waals surface area contributed by atoms with Gasteiger partial charge in [-0.15, -0.1) is 0 Å². The molecule has 1 aromatic carbocycles. The molecular weight excluding hydrogens is 250 g/mol. The Balaban J connectivity index is 1.77. The summed E-state index contributed by atoms with van der Waals surface area (Å²) in [6, 6.07) is 10.2. The molecule has 0 atom stereocenters. The van der Waals surface area contributed by atoms with E-state index in [4.69, 9.17) is 0 Å². The fourth-order valence-electron chi connectivity index (χ4n) is 2.26. The molecule has 5 heteroatoms. The first kappa shape index (κ1) is 12.6. The fourth-order valence-corrected chi connectivity index (χ4v) is 2.26. The van der Waals surface area contributed by atoms with Gasteiger partial charge < -0.3 is 5.32 Å². The number of para-hydroxylation sites is 1. The van der Waals surface area contributed by atoms with Gasteiger partial charge in [-0.05, 0) is 19.1 Å². The van der Waals surface area contributed by atoms with Gasteiger partial charge in [-0.25, -0.2) is 4.98 Å². The molecule has 0 aliphatic rings. The topological polar surface area (TPSA) is 55.6 Å². The third kappa shape index (κ3) is 2.61. The molecule has 1 N–H and O–H groups in total. The minimum absolute atomic E-state index is 0.802. The molecule has 102 valence electrons. The van der Waals surface area contributed by atoms with Crippen molar-refractivity contribution in [3.8, 4) is 0 Å². The molecule has 0 radical (unpaired) electrons. The lowest BCUT2D eigenvalue weighted by molar-refractivity contribution is 0.742. The number of hydrogen-bond donors (Lipinski definition) is 1.